The van der Waals surface area contributed by atoms with E-state index in [1.807, 2.05) is 0 Å². The van der Waals surface area contributed by atoms with Gasteiger partial charge in [-0.1, -0.05) is 146 Å². The predicted molar refractivity (Wildman–Crippen MR) is 269 cm³/mol. The van der Waals surface area contributed by atoms with Crippen LogP contribution in [0.2, 0.25) is 0 Å². The molecular weight excluding hydrogens is 777 g/mol. The lowest BCUT2D eigenvalue weighted by atomic mass is 9.99. The number of nitrogens with zero attached hydrogens (tertiary/aromatic N) is 4. The number of hydrogen-bond acceptors (Lipinski definition) is 2. The van der Waals surface area contributed by atoms with E-state index >= 15 is 0 Å². The van der Waals surface area contributed by atoms with Crippen molar-refractivity contribution in [2.45, 2.75) is 0 Å². The van der Waals surface area contributed by atoms with E-state index in [1.165, 1.54) is 32.6 Å². The SMILES string of the molecule is c1ccc(-n2c3ccccc3c3cccc(N4c5cccc(c5)-c5cccc(c5)N(c5cccc6c7ccccc7n(-c7ccccc7)c56)c5cccc(c5)-c5cccc4c5)c32)cc1. The average molecular weight is 817 g/mol. The van der Waals surface area contributed by atoms with Crippen LogP contribution in [0, 0.1) is 0 Å². The number of benzene rings is 10. The summed E-state index contributed by atoms with van der Waals surface area (Å²) in [5.74, 6) is 0. The van der Waals surface area contributed by atoms with Crippen LogP contribution < -0.4 is 9.80 Å². The van der Waals surface area contributed by atoms with Gasteiger partial charge in [0, 0.05) is 55.7 Å². The number of anilines is 6. The average Bonchev–Trinajstić information content (AvgIpc) is 3.89. The summed E-state index contributed by atoms with van der Waals surface area (Å²) < 4.78 is 4.86. The van der Waals surface area contributed by atoms with Gasteiger partial charge in [-0.15, -0.1) is 0 Å². The Morgan fingerprint density at radius 2 is 0.516 bits per heavy atom. The van der Waals surface area contributed by atoms with Gasteiger partial charge >= 0.3 is 0 Å². The molecule has 1 aliphatic rings. The molecule has 0 spiro atoms. The van der Waals surface area contributed by atoms with Crippen LogP contribution in [0.15, 0.2) is 243 Å². The molecule has 8 bridgehead atoms. The molecule has 300 valence electrons. The van der Waals surface area contributed by atoms with Crippen molar-refractivity contribution in [2.75, 3.05) is 9.80 Å². The lowest BCUT2D eigenvalue weighted by Gasteiger charge is -2.29. The summed E-state index contributed by atoms with van der Waals surface area (Å²) in [6.07, 6.45) is 0. The van der Waals surface area contributed by atoms with E-state index in [-0.39, 0.29) is 0 Å². The van der Waals surface area contributed by atoms with E-state index in [4.69, 9.17) is 0 Å². The molecular formula is C60H40N4. The zero-order chi connectivity index (χ0) is 42.1. The highest BCUT2D eigenvalue weighted by Gasteiger charge is 2.25. The predicted octanol–water partition coefficient (Wildman–Crippen LogP) is 16.5. The molecule has 3 heterocycles. The third-order valence-electron chi connectivity index (χ3n) is 12.9. The maximum atomic E-state index is 2.45. The Balaban J connectivity index is 1.08. The summed E-state index contributed by atoms with van der Waals surface area (Å²) >= 11 is 0. The topological polar surface area (TPSA) is 16.3 Å². The van der Waals surface area contributed by atoms with Gasteiger partial charge in [0.05, 0.1) is 33.4 Å². The molecule has 1 aliphatic heterocycles. The van der Waals surface area contributed by atoms with Gasteiger partial charge in [0.2, 0.25) is 0 Å². The fourth-order valence-corrected chi connectivity index (χ4v) is 10.2. The number of fused-ring (bicyclic) bond motifs is 16. The Hall–Kier alpha value is -8.60. The summed E-state index contributed by atoms with van der Waals surface area (Å²) in [4.78, 5) is 4.89. The van der Waals surface area contributed by atoms with E-state index in [2.05, 4.69) is 262 Å². The van der Waals surface area contributed by atoms with Crippen molar-refractivity contribution < 1.29 is 0 Å². The van der Waals surface area contributed by atoms with Crippen LogP contribution in [-0.2, 0) is 0 Å². The maximum absolute atomic E-state index is 2.45. The van der Waals surface area contributed by atoms with Gasteiger partial charge in [0.1, 0.15) is 0 Å². The van der Waals surface area contributed by atoms with Crippen LogP contribution >= 0.6 is 0 Å². The zero-order valence-corrected chi connectivity index (χ0v) is 34.9. The minimum atomic E-state index is 1.08. The summed E-state index contributed by atoms with van der Waals surface area (Å²) in [5.41, 5.74) is 18.0. The second kappa shape index (κ2) is 14.5. The zero-order valence-electron chi connectivity index (χ0n) is 34.9. The first-order chi connectivity index (χ1) is 31.8. The molecule has 0 unspecified atom stereocenters. The molecule has 13 rings (SSSR count). The second-order valence-corrected chi connectivity index (χ2v) is 16.6. The summed E-state index contributed by atoms with van der Waals surface area (Å²) in [6, 6.07) is 88.7. The number of hydrogen-bond donors (Lipinski definition) is 0. The normalized spacial score (nSPS) is 12.3. The smallest absolute Gasteiger partial charge is 0.0782 e. The largest absolute Gasteiger partial charge is 0.308 e. The van der Waals surface area contributed by atoms with Crippen LogP contribution in [-0.4, -0.2) is 9.13 Å². The Morgan fingerprint density at radius 3 is 0.891 bits per heavy atom. The highest BCUT2D eigenvalue weighted by Crippen LogP contribution is 2.48. The van der Waals surface area contributed by atoms with Gasteiger partial charge < -0.3 is 18.9 Å². The molecule has 2 aromatic heterocycles. The molecule has 4 nitrogen and oxygen atoms in total. The van der Waals surface area contributed by atoms with Gasteiger partial charge in [0.25, 0.3) is 0 Å². The Kier molecular flexibility index (Phi) is 8.18. The van der Waals surface area contributed by atoms with Crippen molar-refractivity contribution >= 4 is 77.7 Å². The number of para-hydroxylation sites is 6. The van der Waals surface area contributed by atoms with Crippen molar-refractivity contribution in [2.24, 2.45) is 0 Å². The standard InChI is InChI=1S/C60H40N4/c1-3-21-45(22-4-1)63-55-33-9-7-29-51(55)53-31-15-35-57(59(53)63)61-47-25-11-17-41(37-47)43-19-13-27-49(39-43)62(50-28-14-20-44(40-50)42-18-12-26-48(61)38-42)58-36-16-32-54-52-30-8-10-34-56(52)64(60(54)58)46-23-5-2-6-24-46/h1-40H. The van der Waals surface area contributed by atoms with Crippen molar-refractivity contribution in [3.8, 4) is 33.6 Å². The van der Waals surface area contributed by atoms with E-state index in [1.54, 1.807) is 0 Å². The van der Waals surface area contributed by atoms with Gasteiger partial charge in [-0.2, -0.15) is 0 Å². The Bertz CT molecular complexity index is 3410. The molecule has 0 saturated heterocycles. The Morgan fingerprint density at radius 1 is 0.219 bits per heavy atom. The summed E-state index contributed by atoms with van der Waals surface area (Å²) in [6.45, 7) is 0. The van der Waals surface area contributed by atoms with Crippen molar-refractivity contribution in [1.29, 1.82) is 0 Å². The molecule has 0 amide bonds. The molecule has 64 heavy (non-hydrogen) atoms. The fraction of sp³-hybridized carbons (Fsp3) is 0. The Labute approximate surface area is 371 Å². The molecule has 4 heteroatoms. The third kappa shape index (κ3) is 5.63. The van der Waals surface area contributed by atoms with Gasteiger partial charge in [0.15, 0.2) is 0 Å². The summed E-state index contributed by atoms with van der Waals surface area (Å²) in [7, 11) is 0. The molecule has 0 fully saturated rings. The van der Waals surface area contributed by atoms with Crippen molar-refractivity contribution in [3.05, 3.63) is 243 Å². The third-order valence-corrected chi connectivity index (χ3v) is 12.9. The van der Waals surface area contributed by atoms with Crippen LogP contribution in [0.1, 0.15) is 0 Å². The minimum Gasteiger partial charge on any atom is -0.308 e. The van der Waals surface area contributed by atoms with Crippen molar-refractivity contribution in [3.63, 3.8) is 0 Å². The molecule has 0 atom stereocenters. The van der Waals surface area contributed by atoms with Crippen LogP contribution in [0.25, 0.3) is 77.2 Å². The first-order valence-corrected chi connectivity index (χ1v) is 21.9. The molecule has 0 radical (unpaired) electrons. The quantitative estimate of drug-likeness (QED) is 0.176. The van der Waals surface area contributed by atoms with E-state index in [0.717, 1.165) is 78.8 Å². The molecule has 10 aromatic carbocycles. The van der Waals surface area contributed by atoms with Crippen LogP contribution in [0.3, 0.4) is 0 Å². The van der Waals surface area contributed by atoms with E-state index in [9.17, 15) is 0 Å². The highest BCUT2D eigenvalue weighted by molar-refractivity contribution is 6.16. The number of rotatable bonds is 4. The van der Waals surface area contributed by atoms with Crippen LogP contribution in [0.5, 0.6) is 0 Å². The fourth-order valence-electron chi connectivity index (χ4n) is 10.2. The van der Waals surface area contributed by atoms with Gasteiger partial charge in [-0.05, 0) is 119 Å². The lowest BCUT2D eigenvalue weighted by molar-refractivity contribution is 1.17. The molecule has 0 aliphatic carbocycles. The molecule has 0 N–H and O–H groups in total. The van der Waals surface area contributed by atoms with Gasteiger partial charge in [-0.3, -0.25) is 0 Å². The maximum Gasteiger partial charge on any atom is 0.0782 e. The van der Waals surface area contributed by atoms with E-state index in [0.29, 0.717) is 0 Å². The number of aromatic nitrogens is 2. The van der Waals surface area contributed by atoms with Crippen LogP contribution in [0.4, 0.5) is 34.1 Å². The summed E-state index contributed by atoms with van der Waals surface area (Å²) in [5, 5.41) is 4.88. The second-order valence-electron chi connectivity index (χ2n) is 16.6. The van der Waals surface area contributed by atoms with Gasteiger partial charge in [-0.25, -0.2) is 0 Å². The highest BCUT2D eigenvalue weighted by atomic mass is 15.2. The lowest BCUT2D eigenvalue weighted by Crippen LogP contribution is -2.13. The first-order valence-electron chi connectivity index (χ1n) is 21.9. The minimum absolute atomic E-state index is 1.08. The monoisotopic (exact) mass is 816 g/mol. The molecule has 12 aromatic rings. The van der Waals surface area contributed by atoms with E-state index < -0.39 is 0 Å². The van der Waals surface area contributed by atoms with Crippen molar-refractivity contribution in [1.82, 2.24) is 9.13 Å². The first kappa shape index (κ1) is 36.1. The molecule has 0 saturated carbocycles.